The molecule has 78 valence electrons. The molecule has 15 heavy (non-hydrogen) atoms. The first-order valence-electron chi connectivity index (χ1n) is 4.85. The second-order valence-electron chi connectivity index (χ2n) is 3.75. The summed E-state index contributed by atoms with van der Waals surface area (Å²) in [7, 11) is -1.61. The standard InChI is InChI=1S/C13H14Si.Fe/c1-3-14(2,12-8-4-5-9-12)13-10-6-7-11-13;/h3-11H,1H2,2H3;/q-2;+2. The minimum atomic E-state index is -1.61. The van der Waals surface area contributed by atoms with E-state index >= 15 is 0 Å². The van der Waals surface area contributed by atoms with E-state index < -0.39 is 8.07 Å². The molecule has 0 atom stereocenters. The smallest absolute Gasteiger partial charge is 0.213 e. The van der Waals surface area contributed by atoms with E-state index in [1.807, 2.05) is 0 Å². The molecule has 0 aliphatic rings. The van der Waals surface area contributed by atoms with Gasteiger partial charge in [-0.3, -0.25) is 0 Å². The van der Waals surface area contributed by atoms with Crippen LogP contribution >= 0.6 is 0 Å². The number of hydrogen-bond donors (Lipinski definition) is 0. The Bertz CT molecular complexity index is 363. The van der Waals surface area contributed by atoms with Crippen LogP contribution in [0.3, 0.4) is 0 Å². The van der Waals surface area contributed by atoms with E-state index in [-0.39, 0.29) is 17.1 Å². The van der Waals surface area contributed by atoms with Crippen LogP contribution in [0.4, 0.5) is 0 Å². The van der Waals surface area contributed by atoms with Crippen LogP contribution in [0.2, 0.25) is 6.55 Å². The molecular formula is C13H14FeSi. The summed E-state index contributed by atoms with van der Waals surface area (Å²) in [5, 5.41) is 2.89. The molecule has 0 spiro atoms. The van der Waals surface area contributed by atoms with Crippen LogP contribution in [0.15, 0.2) is 60.8 Å². The van der Waals surface area contributed by atoms with Crippen molar-refractivity contribution in [3.63, 3.8) is 0 Å². The van der Waals surface area contributed by atoms with Gasteiger partial charge in [-0.2, -0.15) is 36.4 Å². The molecule has 0 fully saturated rings. The quantitative estimate of drug-likeness (QED) is 0.581. The fourth-order valence-corrected chi connectivity index (χ4v) is 4.42. The fraction of sp³-hybridized carbons (Fsp3) is 0.0769. The molecule has 0 bridgehead atoms. The van der Waals surface area contributed by atoms with E-state index in [0.29, 0.717) is 0 Å². The van der Waals surface area contributed by atoms with E-state index in [2.05, 4.69) is 67.4 Å². The van der Waals surface area contributed by atoms with Gasteiger partial charge in [0.05, 0.1) is 0 Å². The maximum Gasteiger partial charge on any atom is 2.00 e. The predicted molar refractivity (Wildman–Crippen MR) is 65.2 cm³/mol. The van der Waals surface area contributed by atoms with Crippen molar-refractivity contribution in [3.05, 3.63) is 60.8 Å². The molecule has 2 aromatic carbocycles. The van der Waals surface area contributed by atoms with E-state index in [0.717, 1.165) is 0 Å². The average Bonchev–Trinajstić information content (AvgIpc) is 2.88. The first kappa shape index (κ1) is 12.2. The Hall–Kier alpha value is -0.824. The Morgan fingerprint density at radius 3 is 1.87 bits per heavy atom. The van der Waals surface area contributed by atoms with Crippen molar-refractivity contribution in [2.75, 3.05) is 0 Å². The van der Waals surface area contributed by atoms with Crippen LogP contribution in [0, 0.1) is 0 Å². The zero-order valence-electron chi connectivity index (χ0n) is 8.76. The van der Waals surface area contributed by atoms with E-state index in [9.17, 15) is 0 Å². The second kappa shape index (κ2) is 4.80. The second-order valence-corrected chi connectivity index (χ2v) is 7.72. The van der Waals surface area contributed by atoms with Gasteiger partial charge in [0.15, 0.2) is 0 Å². The maximum atomic E-state index is 4.01. The molecule has 0 N–H and O–H groups in total. The zero-order chi connectivity index (χ0) is 10.0. The Morgan fingerprint density at radius 2 is 1.60 bits per heavy atom. The van der Waals surface area contributed by atoms with Gasteiger partial charge in [-0.25, -0.2) is 22.5 Å². The van der Waals surface area contributed by atoms with E-state index in [1.54, 1.807) is 0 Å². The molecule has 2 aromatic rings. The van der Waals surface area contributed by atoms with Gasteiger partial charge in [0, 0.05) is 0 Å². The monoisotopic (exact) mass is 254 g/mol. The average molecular weight is 254 g/mol. The molecule has 0 saturated carbocycles. The first-order chi connectivity index (χ1) is 6.77. The Kier molecular flexibility index (Phi) is 3.92. The van der Waals surface area contributed by atoms with Gasteiger partial charge in [-0.15, -0.1) is 12.3 Å². The van der Waals surface area contributed by atoms with Crippen molar-refractivity contribution in [2.45, 2.75) is 6.55 Å². The van der Waals surface area contributed by atoms with Crippen LogP contribution in [0.1, 0.15) is 0 Å². The molecule has 0 aliphatic carbocycles. The SMILES string of the molecule is C=C[Si](C)(c1cc[cH-]c1)c1cc[cH-]c1.[Fe+2]. The van der Waals surface area contributed by atoms with Gasteiger partial charge >= 0.3 is 17.1 Å². The molecule has 0 unspecified atom stereocenters. The minimum absolute atomic E-state index is 0. The summed E-state index contributed by atoms with van der Waals surface area (Å²) in [5.41, 5.74) is 2.15. The van der Waals surface area contributed by atoms with Crippen LogP contribution < -0.4 is 10.4 Å². The normalized spacial score (nSPS) is 10.7. The van der Waals surface area contributed by atoms with Gasteiger partial charge < -0.3 is 0 Å². The topological polar surface area (TPSA) is 0 Å². The van der Waals surface area contributed by atoms with Gasteiger partial charge in [0.1, 0.15) is 0 Å². The summed E-state index contributed by atoms with van der Waals surface area (Å²) in [6, 6.07) is 17.3. The minimum Gasteiger partial charge on any atom is -0.213 e. The van der Waals surface area contributed by atoms with Gasteiger partial charge in [0.2, 0.25) is 0 Å². The summed E-state index contributed by atoms with van der Waals surface area (Å²) < 4.78 is 0. The largest absolute Gasteiger partial charge is 2.00 e. The van der Waals surface area contributed by atoms with Crippen molar-refractivity contribution in [1.29, 1.82) is 0 Å². The van der Waals surface area contributed by atoms with Crippen LogP contribution in [-0.2, 0) is 17.1 Å². The molecule has 2 heteroatoms. The molecular weight excluding hydrogens is 240 g/mol. The molecule has 0 nitrogen and oxygen atoms in total. The van der Waals surface area contributed by atoms with Crippen molar-refractivity contribution in [1.82, 2.24) is 0 Å². The Balaban J connectivity index is 0.00000112. The van der Waals surface area contributed by atoms with E-state index in [4.69, 9.17) is 0 Å². The molecule has 0 aromatic heterocycles. The molecule has 0 radical (unpaired) electrons. The third-order valence-electron chi connectivity index (χ3n) is 2.93. The molecule has 2 rings (SSSR count). The molecule has 0 aliphatic heterocycles. The first-order valence-corrected chi connectivity index (χ1v) is 7.43. The van der Waals surface area contributed by atoms with Gasteiger partial charge in [-0.1, -0.05) is 6.55 Å². The third kappa shape index (κ3) is 2.07. The van der Waals surface area contributed by atoms with Crippen molar-refractivity contribution in [3.8, 4) is 0 Å². The van der Waals surface area contributed by atoms with Gasteiger partial charge in [0.25, 0.3) is 0 Å². The van der Waals surface area contributed by atoms with Gasteiger partial charge in [-0.05, 0) is 8.07 Å². The summed E-state index contributed by atoms with van der Waals surface area (Å²) >= 11 is 0. The van der Waals surface area contributed by atoms with Crippen molar-refractivity contribution in [2.24, 2.45) is 0 Å². The summed E-state index contributed by atoms with van der Waals surface area (Å²) in [4.78, 5) is 0. The van der Waals surface area contributed by atoms with Crippen LogP contribution in [-0.4, -0.2) is 8.07 Å². The molecule has 0 saturated heterocycles. The van der Waals surface area contributed by atoms with Crippen molar-refractivity contribution < 1.29 is 17.1 Å². The summed E-state index contributed by atoms with van der Waals surface area (Å²) in [5.74, 6) is 0. The fourth-order valence-electron chi connectivity index (χ4n) is 1.84. The summed E-state index contributed by atoms with van der Waals surface area (Å²) in [6.07, 6.45) is 0. The van der Waals surface area contributed by atoms with Crippen LogP contribution in [0.5, 0.6) is 0 Å². The number of rotatable bonds is 3. The van der Waals surface area contributed by atoms with E-state index in [1.165, 1.54) is 10.4 Å². The summed E-state index contributed by atoms with van der Waals surface area (Å²) in [6.45, 7) is 6.34. The van der Waals surface area contributed by atoms with Crippen LogP contribution in [0.25, 0.3) is 0 Å². The Morgan fingerprint density at radius 1 is 1.13 bits per heavy atom. The zero-order valence-corrected chi connectivity index (χ0v) is 10.9. The molecule has 0 heterocycles. The number of hydrogen-bond acceptors (Lipinski definition) is 0. The molecule has 0 amide bonds. The third-order valence-corrected chi connectivity index (χ3v) is 6.81. The van der Waals surface area contributed by atoms with Crippen molar-refractivity contribution >= 4 is 18.4 Å². The maximum absolute atomic E-state index is 4.01. The Labute approximate surface area is 103 Å². The predicted octanol–water partition coefficient (Wildman–Crippen LogP) is 2.04.